The molecule has 0 aliphatic rings. The Hall–Kier alpha value is -2.83. The lowest BCUT2D eigenvalue weighted by Crippen LogP contribution is -2.12. The van der Waals surface area contributed by atoms with Crippen LogP contribution in [-0.2, 0) is 10.0 Å². The fourth-order valence-corrected chi connectivity index (χ4v) is 4.03. The minimum absolute atomic E-state index is 0.153. The molecule has 5 nitrogen and oxygen atoms in total. The highest BCUT2D eigenvalue weighted by Gasteiger charge is 2.15. The number of rotatable bonds is 4. The molecule has 7 heteroatoms. The predicted octanol–water partition coefficient (Wildman–Crippen LogP) is 4.76. The van der Waals surface area contributed by atoms with E-state index in [9.17, 15) is 8.42 Å². The average molecular weight is 398 g/mol. The summed E-state index contributed by atoms with van der Waals surface area (Å²) in [6, 6.07) is 19.1. The fourth-order valence-electron chi connectivity index (χ4n) is 2.86. The maximum atomic E-state index is 12.6. The third kappa shape index (κ3) is 3.54. The monoisotopic (exact) mass is 397 g/mol. The molecule has 0 saturated carbocycles. The topological polar surface area (TPSA) is 63.5 Å². The highest BCUT2D eigenvalue weighted by molar-refractivity contribution is 7.92. The van der Waals surface area contributed by atoms with Crippen molar-refractivity contribution in [2.24, 2.45) is 0 Å². The zero-order chi connectivity index (χ0) is 19.0. The van der Waals surface area contributed by atoms with Crippen molar-refractivity contribution in [3.63, 3.8) is 0 Å². The number of fused-ring (bicyclic) bond motifs is 1. The molecule has 0 fully saturated rings. The molecule has 0 aliphatic heterocycles. The van der Waals surface area contributed by atoms with Gasteiger partial charge in [0.2, 0.25) is 0 Å². The van der Waals surface area contributed by atoms with E-state index in [0.29, 0.717) is 10.7 Å². The Morgan fingerprint density at radius 3 is 2.48 bits per heavy atom. The van der Waals surface area contributed by atoms with E-state index in [-0.39, 0.29) is 4.90 Å². The summed E-state index contributed by atoms with van der Waals surface area (Å²) in [5.74, 6) is 0. The van der Waals surface area contributed by atoms with Gasteiger partial charge in [-0.05, 0) is 55.5 Å². The first-order valence-electron chi connectivity index (χ1n) is 8.26. The number of sulfonamides is 1. The zero-order valence-corrected chi connectivity index (χ0v) is 16.0. The van der Waals surface area contributed by atoms with Gasteiger partial charge in [-0.1, -0.05) is 29.8 Å². The molecule has 0 spiro atoms. The number of halogens is 1. The smallest absolute Gasteiger partial charge is 0.261 e. The van der Waals surface area contributed by atoms with Gasteiger partial charge in [-0.2, -0.15) is 0 Å². The number of nitrogens with one attached hydrogen (secondary N) is 1. The van der Waals surface area contributed by atoms with Crippen LogP contribution in [0.5, 0.6) is 0 Å². The second-order valence-electron chi connectivity index (χ2n) is 6.16. The summed E-state index contributed by atoms with van der Waals surface area (Å²) in [5.41, 5.74) is 3.99. The van der Waals surface area contributed by atoms with Gasteiger partial charge in [0.05, 0.1) is 10.6 Å². The van der Waals surface area contributed by atoms with E-state index >= 15 is 0 Å². The summed E-state index contributed by atoms with van der Waals surface area (Å²) in [7, 11) is -3.69. The van der Waals surface area contributed by atoms with Crippen molar-refractivity contribution in [2.45, 2.75) is 11.8 Å². The molecule has 1 N–H and O–H groups in total. The lowest BCUT2D eigenvalue weighted by molar-refractivity contribution is 0.601. The van der Waals surface area contributed by atoms with E-state index in [2.05, 4.69) is 9.71 Å². The number of aromatic nitrogens is 2. The summed E-state index contributed by atoms with van der Waals surface area (Å²) in [6.45, 7) is 2.01. The van der Waals surface area contributed by atoms with E-state index < -0.39 is 10.0 Å². The van der Waals surface area contributed by atoms with E-state index in [0.717, 1.165) is 22.6 Å². The molecule has 0 bridgehead atoms. The van der Waals surface area contributed by atoms with Gasteiger partial charge in [0, 0.05) is 28.2 Å². The predicted molar refractivity (Wildman–Crippen MR) is 108 cm³/mol. The second kappa shape index (κ2) is 6.72. The van der Waals surface area contributed by atoms with Gasteiger partial charge in [0.15, 0.2) is 0 Å². The number of aryl methyl sites for hydroxylation is 1. The van der Waals surface area contributed by atoms with E-state index in [1.165, 1.54) is 12.1 Å². The lowest BCUT2D eigenvalue weighted by atomic mass is 10.1. The molecule has 136 valence electrons. The molecule has 2 heterocycles. The van der Waals surface area contributed by atoms with Crippen molar-refractivity contribution >= 4 is 33.0 Å². The quantitative estimate of drug-likeness (QED) is 0.539. The van der Waals surface area contributed by atoms with Crippen LogP contribution < -0.4 is 4.72 Å². The number of hydrogen-bond acceptors (Lipinski definition) is 3. The Kier molecular flexibility index (Phi) is 4.37. The van der Waals surface area contributed by atoms with Crippen molar-refractivity contribution < 1.29 is 8.42 Å². The summed E-state index contributed by atoms with van der Waals surface area (Å²) < 4.78 is 29.7. The van der Waals surface area contributed by atoms with Crippen molar-refractivity contribution in [1.82, 2.24) is 9.38 Å². The molecule has 27 heavy (non-hydrogen) atoms. The Bertz CT molecular complexity index is 1230. The van der Waals surface area contributed by atoms with E-state index in [4.69, 9.17) is 11.6 Å². The number of pyridine rings is 1. The fraction of sp³-hybridized carbons (Fsp3) is 0.0500. The first-order chi connectivity index (χ1) is 12.9. The largest absolute Gasteiger partial charge is 0.304 e. The SMILES string of the molecule is Cc1cccc2nc(-c3cccc(NS(=O)(=O)c4ccc(Cl)cc4)c3)cn12. The van der Waals surface area contributed by atoms with E-state index in [1.54, 1.807) is 30.3 Å². The lowest BCUT2D eigenvalue weighted by Gasteiger charge is -2.09. The number of benzene rings is 2. The highest BCUT2D eigenvalue weighted by Crippen LogP contribution is 2.25. The minimum Gasteiger partial charge on any atom is -0.304 e. The second-order valence-corrected chi connectivity index (χ2v) is 8.28. The van der Waals surface area contributed by atoms with Crippen LogP contribution in [0.2, 0.25) is 5.02 Å². The molecule has 0 unspecified atom stereocenters. The van der Waals surface area contributed by atoms with Gasteiger partial charge in [-0.15, -0.1) is 0 Å². The highest BCUT2D eigenvalue weighted by atomic mass is 35.5. The molecule has 0 saturated heterocycles. The summed E-state index contributed by atoms with van der Waals surface area (Å²) in [6.07, 6.45) is 1.94. The first kappa shape index (κ1) is 17.6. The minimum atomic E-state index is -3.69. The van der Waals surface area contributed by atoms with Gasteiger partial charge < -0.3 is 4.40 Å². The third-order valence-corrected chi connectivity index (χ3v) is 5.88. The molecule has 0 radical (unpaired) electrons. The zero-order valence-electron chi connectivity index (χ0n) is 14.4. The summed E-state index contributed by atoms with van der Waals surface area (Å²) in [5, 5.41) is 0.484. The number of anilines is 1. The van der Waals surface area contributed by atoms with Gasteiger partial charge in [-0.25, -0.2) is 13.4 Å². The van der Waals surface area contributed by atoms with Crippen LogP contribution in [0.15, 0.2) is 77.8 Å². The molecule has 4 aromatic rings. The molecular weight excluding hydrogens is 382 g/mol. The van der Waals surface area contributed by atoms with Gasteiger partial charge in [0.25, 0.3) is 10.0 Å². The number of hydrogen-bond donors (Lipinski definition) is 1. The molecule has 0 aliphatic carbocycles. The van der Waals surface area contributed by atoms with E-state index in [1.807, 2.05) is 41.8 Å². The maximum Gasteiger partial charge on any atom is 0.261 e. The molecule has 0 atom stereocenters. The number of nitrogens with zero attached hydrogens (tertiary/aromatic N) is 2. The molecule has 4 rings (SSSR count). The Morgan fingerprint density at radius 2 is 1.74 bits per heavy atom. The maximum absolute atomic E-state index is 12.6. The van der Waals surface area contributed by atoms with Crippen LogP contribution in [0.4, 0.5) is 5.69 Å². The van der Waals surface area contributed by atoms with Crippen molar-refractivity contribution in [3.05, 3.63) is 83.6 Å². The average Bonchev–Trinajstić information content (AvgIpc) is 3.08. The standard InChI is InChI=1S/C20H16ClN3O2S/c1-14-4-2-7-20-22-19(13-24(14)20)15-5-3-6-17(12-15)23-27(25,26)18-10-8-16(21)9-11-18/h2-13,23H,1H3. The van der Waals surface area contributed by atoms with Gasteiger partial charge >= 0.3 is 0 Å². The van der Waals surface area contributed by atoms with Crippen LogP contribution in [0.25, 0.3) is 16.9 Å². The molecular formula is C20H16ClN3O2S. The third-order valence-electron chi connectivity index (χ3n) is 4.23. The Balaban J connectivity index is 1.67. The van der Waals surface area contributed by atoms with Crippen molar-refractivity contribution in [3.8, 4) is 11.3 Å². The normalized spacial score (nSPS) is 11.6. The van der Waals surface area contributed by atoms with Gasteiger partial charge in [-0.3, -0.25) is 4.72 Å². The molecule has 2 aromatic heterocycles. The van der Waals surface area contributed by atoms with Crippen molar-refractivity contribution in [1.29, 1.82) is 0 Å². The van der Waals surface area contributed by atoms with Crippen LogP contribution in [0.1, 0.15) is 5.69 Å². The summed E-state index contributed by atoms with van der Waals surface area (Å²) in [4.78, 5) is 4.77. The van der Waals surface area contributed by atoms with Crippen LogP contribution >= 0.6 is 11.6 Å². The Morgan fingerprint density at radius 1 is 1.00 bits per heavy atom. The molecule has 0 amide bonds. The van der Waals surface area contributed by atoms with Gasteiger partial charge in [0.1, 0.15) is 5.65 Å². The number of imidazole rings is 1. The molecule has 2 aromatic carbocycles. The van der Waals surface area contributed by atoms with Crippen LogP contribution in [0.3, 0.4) is 0 Å². The summed E-state index contributed by atoms with van der Waals surface area (Å²) >= 11 is 5.83. The Labute approximate surface area is 162 Å². The van der Waals surface area contributed by atoms with Crippen LogP contribution in [0, 0.1) is 6.92 Å². The van der Waals surface area contributed by atoms with Crippen molar-refractivity contribution in [2.75, 3.05) is 4.72 Å². The first-order valence-corrected chi connectivity index (χ1v) is 10.1. The van der Waals surface area contributed by atoms with Crippen LogP contribution in [-0.4, -0.2) is 17.8 Å².